The van der Waals surface area contributed by atoms with Gasteiger partial charge in [-0.05, 0) is 0 Å². The molecule has 0 radical (unpaired) electrons. The van der Waals surface area contributed by atoms with Gasteiger partial charge in [0, 0.05) is 0 Å². The van der Waals surface area contributed by atoms with E-state index in [4.69, 9.17) is 6.65 Å². The van der Waals surface area contributed by atoms with Gasteiger partial charge < -0.3 is 16.4 Å². The third kappa shape index (κ3) is 285. The molecule has 0 aliphatic heterocycles. The Morgan fingerprint density at radius 1 is 0.857 bits per heavy atom. The van der Waals surface area contributed by atoms with Gasteiger partial charge in [0.15, 0.2) is 17.4 Å². The molecule has 0 rings (SSSR count). The van der Waals surface area contributed by atoms with Gasteiger partial charge >= 0.3 is 25.7 Å². The molecule has 0 spiro atoms. The summed E-state index contributed by atoms with van der Waals surface area (Å²) in [5.41, 5.74) is 0. The van der Waals surface area contributed by atoms with Crippen molar-refractivity contribution in [1.82, 2.24) is 0 Å². The Morgan fingerprint density at radius 3 is 0.857 bits per heavy atom. The fourth-order valence-corrected chi connectivity index (χ4v) is 0. The normalized spacial score (nSPS) is 1.14. The maximum atomic E-state index is 8.50. The van der Waals surface area contributed by atoms with Crippen LogP contribution in [-0.4, -0.2) is 33.8 Å². The molecule has 0 saturated carbocycles. The molecule has 0 aromatic carbocycles. The first kappa shape index (κ1) is 47.0. The van der Waals surface area contributed by atoms with E-state index < -0.39 is 19.1 Å². The number of rotatable bonds is 0. The van der Waals surface area contributed by atoms with Crippen molar-refractivity contribution >= 4 is 17.4 Å². The van der Waals surface area contributed by atoms with Crippen molar-refractivity contribution in [3.05, 3.63) is 0 Å². The predicted octanol–water partition coefficient (Wildman–Crippen LogP) is -3.90. The van der Waals surface area contributed by atoms with E-state index in [9.17, 15) is 0 Å². The average molecular weight is 164 g/mol. The summed E-state index contributed by atoms with van der Waals surface area (Å²) in [6.07, 6.45) is 0. The second kappa shape index (κ2) is 74.0. The standard InChI is InChI=1S/Al.3H2O.2O.Ti.3H/h;3*1H2;;;;;;. The first-order valence-corrected chi connectivity index (χ1v) is 1.68. The van der Waals surface area contributed by atoms with E-state index in [1.54, 1.807) is 0 Å². The minimum absolute atomic E-state index is 0. The molecule has 0 fully saturated rings. The molecular weight excluding hydrogens is 155 g/mol. The first-order chi connectivity index (χ1) is 1.41. The van der Waals surface area contributed by atoms with Crippen LogP contribution in [0.4, 0.5) is 0 Å². The summed E-state index contributed by atoms with van der Waals surface area (Å²) in [6.45, 7) is 0. The Kier molecular flexibility index (Phi) is 497. The van der Waals surface area contributed by atoms with Crippen LogP contribution in [0.5, 0.6) is 0 Å². The summed E-state index contributed by atoms with van der Waals surface area (Å²) >= 11 is -2.00. The molecule has 7 heavy (non-hydrogen) atoms. The van der Waals surface area contributed by atoms with Crippen molar-refractivity contribution in [1.29, 1.82) is 0 Å². The quantitative estimate of drug-likeness (QED) is 0.339. The molecule has 0 saturated heterocycles. The molecule has 0 aliphatic carbocycles. The Hall–Kier alpha value is 0.727. The fraction of sp³-hybridized carbons (Fsp3) is 0. The summed E-state index contributed by atoms with van der Waals surface area (Å²) in [7, 11) is 0. The summed E-state index contributed by atoms with van der Waals surface area (Å²) in [6, 6.07) is 0. The van der Waals surface area contributed by atoms with Crippen molar-refractivity contribution in [2.24, 2.45) is 0 Å². The van der Waals surface area contributed by atoms with Crippen molar-refractivity contribution in [2.45, 2.75) is 0 Å². The zero-order valence-corrected chi connectivity index (χ0v) is 4.38. The Morgan fingerprint density at radius 2 is 0.857 bits per heavy atom. The molecule has 0 amide bonds. The zero-order chi connectivity index (χ0) is 2.71. The third-order valence-corrected chi connectivity index (χ3v) is 0. The molecule has 0 aromatic rings. The van der Waals surface area contributed by atoms with Gasteiger partial charge in [-0.1, -0.05) is 0 Å². The van der Waals surface area contributed by atoms with Crippen LogP contribution < -0.4 is 0 Å². The van der Waals surface area contributed by atoms with Crippen molar-refractivity contribution in [2.75, 3.05) is 0 Å². The molecule has 0 aromatic heterocycles. The number of hydrogen-bond acceptors (Lipinski definition) is 2. The fourth-order valence-electron chi connectivity index (χ4n) is 0. The van der Waals surface area contributed by atoms with Crippen LogP contribution in [0.15, 0.2) is 0 Å². The van der Waals surface area contributed by atoms with Gasteiger partial charge in [0.05, 0.1) is 0 Å². The molecule has 6 N–H and O–H groups in total. The van der Waals surface area contributed by atoms with Crippen LogP contribution in [-0.2, 0) is 25.7 Å². The van der Waals surface area contributed by atoms with Gasteiger partial charge in [0.1, 0.15) is 0 Å². The molecule has 46 valence electrons. The molecule has 5 nitrogen and oxygen atoms in total. The van der Waals surface area contributed by atoms with E-state index in [0.717, 1.165) is 0 Å². The summed E-state index contributed by atoms with van der Waals surface area (Å²) in [5, 5.41) is 0. The molecule has 0 heterocycles. The van der Waals surface area contributed by atoms with E-state index in [0.29, 0.717) is 0 Å². The van der Waals surface area contributed by atoms with Gasteiger partial charge in [-0.25, -0.2) is 0 Å². The van der Waals surface area contributed by atoms with Gasteiger partial charge in [0.2, 0.25) is 0 Å². The summed E-state index contributed by atoms with van der Waals surface area (Å²) in [4.78, 5) is 0. The zero-order valence-electron chi connectivity index (χ0n) is 2.82. The van der Waals surface area contributed by atoms with Crippen molar-refractivity contribution in [3.63, 3.8) is 0 Å². The number of hydrogen-bond donors (Lipinski definition) is 0. The predicted molar refractivity (Wildman–Crippen MR) is 22.2 cm³/mol. The third-order valence-electron chi connectivity index (χ3n) is 0. The maximum absolute atomic E-state index is 8.50. The SMILES string of the molecule is O.O.O.[AlH3].[O]=[Ti]=[O]. The monoisotopic (exact) mass is 164 g/mol. The van der Waals surface area contributed by atoms with Gasteiger partial charge in [-0.2, -0.15) is 0 Å². The van der Waals surface area contributed by atoms with E-state index >= 15 is 0 Å². The van der Waals surface area contributed by atoms with Crippen LogP contribution in [0.2, 0.25) is 0 Å². The van der Waals surface area contributed by atoms with Crippen LogP contribution in [0.1, 0.15) is 0 Å². The van der Waals surface area contributed by atoms with Crippen molar-refractivity contribution in [3.8, 4) is 0 Å². The second-order valence-electron chi connectivity index (χ2n) is 0.0833. The van der Waals surface area contributed by atoms with E-state index in [1.807, 2.05) is 0 Å². The van der Waals surface area contributed by atoms with E-state index in [-0.39, 0.29) is 33.8 Å². The summed E-state index contributed by atoms with van der Waals surface area (Å²) < 4.78 is 17.0. The molecule has 0 unspecified atom stereocenters. The molecule has 7 heteroatoms. The van der Waals surface area contributed by atoms with Crippen LogP contribution in [0.3, 0.4) is 0 Å². The van der Waals surface area contributed by atoms with Gasteiger partial charge in [-0.15, -0.1) is 0 Å². The average Bonchev–Trinajstić information content (AvgIpc) is 0.918. The first-order valence-electron chi connectivity index (χ1n) is 0.408. The van der Waals surface area contributed by atoms with Crippen LogP contribution in [0, 0.1) is 0 Å². The van der Waals surface area contributed by atoms with Crippen LogP contribution in [0.25, 0.3) is 0 Å². The van der Waals surface area contributed by atoms with Crippen molar-refractivity contribution < 1.29 is 42.2 Å². The van der Waals surface area contributed by atoms with E-state index in [1.165, 1.54) is 0 Å². The van der Waals surface area contributed by atoms with E-state index in [2.05, 4.69) is 0 Å². The van der Waals surface area contributed by atoms with Gasteiger partial charge in [-0.3, -0.25) is 0 Å². The Balaban J connectivity index is -0.00000000333. The minimum atomic E-state index is -2.00. The molecular formula is H9AlO5Ti. The second-order valence-corrected chi connectivity index (χ2v) is 0.344. The summed E-state index contributed by atoms with van der Waals surface area (Å²) in [5.74, 6) is 0. The Bertz CT molecular complexity index is 29.1. The Labute approximate surface area is 59.7 Å². The van der Waals surface area contributed by atoms with Gasteiger partial charge in [0.25, 0.3) is 0 Å². The van der Waals surface area contributed by atoms with Crippen LogP contribution >= 0.6 is 0 Å². The molecule has 0 atom stereocenters. The topological polar surface area (TPSA) is 129 Å². The molecule has 0 bridgehead atoms. The molecule has 0 aliphatic rings.